The maximum atomic E-state index is 12.3. The van der Waals surface area contributed by atoms with Crippen molar-refractivity contribution in [2.24, 2.45) is 0 Å². The Hall–Kier alpha value is -3.36. The highest BCUT2D eigenvalue weighted by molar-refractivity contribution is 8.18. The minimum atomic E-state index is -0.419. The van der Waals surface area contributed by atoms with Gasteiger partial charge in [-0.15, -0.1) is 0 Å². The summed E-state index contributed by atoms with van der Waals surface area (Å²) in [6, 6.07) is 16.7. The molecule has 1 aliphatic heterocycles. The van der Waals surface area contributed by atoms with Gasteiger partial charge in [0, 0.05) is 18.2 Å². The Morgan fingerprint density at radius 3 is 2.59 bits per heavy atom. The second-order valence-corrected chi connectivity index (χ2v) is 8.43. The Balaban J connectivity index is 1.37. The van der Waals surface area contributed by atoms with E-state index in [9.17, 15) is 9.59 Å². The standard InChI is InChI=1S/C24H23N3O4S/c1-15(25-13-19-16(2)31-22(26-19)18-9-5-4-6-10-18)14-30-21-12-8-7-11-20(21)27-23(28)17(3)32-24(27)29/h4-12,15,25H,3,13-14H2,1-2H3. The van der Waals surface area contributed by atoms with E-state index >= 15 is 0 Å². The van der Waals surface area contributed by atoms with Crippen LogP contribution in [0.1, 0.15) is 18.4 Å². The predicted molar refractivity (Wildman–Crippen MR) is 125 cm³/mol. The van der Waals surface area contributed by atoms with Gasteiger partial charge in [-0.1, -0.05) is 36.9 Å². The van der Waals surface area contributed by atoms with Crippen LogP contribution in [0.25, 0.3) is 11.5 Å². The lowest BCUT2D eigenvalue weighted by atomic mass is 10.2. The van der Waals surface area contributed by atoms with Gasteiger partial charge in [0.25, 0.3) is 11.1 Å². The number of aryl methyl sites for hydroxylation is 1. The molecule has 0 aliphatic carbocycles. The molecule has 0 bridgehead atoms. The van der Waals surface area contributed by atoms with Crippen LogP contribution >= 0.6 is 11.8 Å². The number of anilines is 1. The minimum absolute atomic E-state index is 0.0198. The first-order chi connectivity index (χ1) is 15.4. The van der Waals surface area contributed by atoms with Gasteiger partial charge >= 0.3 is 0 Å². The number of hydrogen-bond donors (Lipinski definition) is 1. The number of rotatable bonds is 8. The molecule has 0 spiro atoms. The molecule has 1 N–H and O–H groups in total. The monoisotopic (exact) mass is 449 g/mol. The molecule has 4 rings (SSSR count). The molecular weight excluding hydrogens is 426 g/mol. The van der Waals surface area contributed by atoms with E-state index < -0.39 is 5.91 Å². The molecule has 2 aromatic carbocycles. The summed E-state index contributed by atoms with van der Waals surface area (Å²) in [7, 11) is 0. The zero-order chi connectivity index (χ0) is 22.7. The summed E-state index contributed by atoms with van der Waals surface area (Å²) in [4.78, 5) is 30.4. The lowest BCUT2D eigenvalue weighted by Gasteiger charge is -2.19. The van der Waals surface area contributed by atoms with Gasteiger partial charge in [-0.3, -0.25) is 9.59 Å². The number of nitrogens with zero attached hydrogens (tertiary/aromatic N) is 2. The molecule has 1 aliphatic rings. The number of para-hydroxylation sites is 2. The summed E-state index contributed by atoms with van der Waals surface area (Å²) >= 11 is 0.831. The quantitative estimate of drug-likeness (QED) is 0.489. The number of ether oxygens (including phenoxy) is 1. The normalized spacial score (nSPS) is 14.8. The summed E-state index contributed by atoms with van der Waals surface area (Å²) in [6.45, 7) is 8.37. The van der Waals surface area contributed by atoms with Gasteiger partial charge in [0.05, 0.1) is 16.3 Å². The van der Waals surface area contributed by atoms with Crippen LogP contribution in [0.15, 0.2) is 70.5 Å². The summed E-state index contributed by atoms with van der Waals surface area (Å²) in [5.74, 6) is 1.40. The second-order valence-electron chi connectivity index (χ2n) is 7.38. The van der Waals surface area contributed by atoms with Gasteiger partial charge in [-0.05, 0) is 49.9 Å². The number of carbonyl (C=O) groups excluding carboxylic acids is 2. The van der Waals surface area contributed by atoms with Crippen LogP contribution in [0.3, 0.4) is 0 Å². The number of carbonyl (C=O) groups is 2. The van der Waals surface area contributed by atoms with Crippen LogP contribution in [-0.2, 0) is 11.3 Å². The Morgan fingerprint density at radius 1 is 1.16 bits per heavy atom. The fourth-order valence-corrected chi connectivity index (χ4v) is 3.88. The Labute approximate surface area is 190 Å². The molecule has 1 saturated heterocycles. The Morgan fingerprint density at radius 2 is 1.88 bits per heavy atom. The third kappa shape index (κ3) is 4.61. The van der Waals surface area contributed by atoms with Gasteiger partial charge < -0.3 is 14.5 Å². The number of oxazole rings is 1. The van der Waals surface area contributed by atoms with Crippen LogP contribution in [0.4, 0.5) is 10.5 Å². The summed E-state index contributed by atoms with van der Waals surface area (Å²) < 4.78 is 11.7. The van der Waals surface area contributed by atoms with Crippen molar-refractivity contribution in [3.05, 3.63) is 77.5 Å². The largest absolute Gasteiger partial charge is 0.490 e. The molecule has 32 heavy (non-hydrogen) atoms. The first kappa shape index (κ1) is 21.9. The number of imide groups is 1. The van der Waals surface area contributed by atoms with Crippen molar-refractivity contribution in [2.45, 2.75) is 26.4 Å². The third-order valence-electron chi connectivity index (χ3n) is 4.96. The third-order valence-corrected chi connectivity index (χ3v) is 5.74. The van der Waals surface area contributed by atoms with Crippen molar-refractivity contribution in [3.8, 4) is 17.2 Å². The van der Waals surface area contributed by atoms with Crippen molar-refractivity contribution >= 4 is 28.6 Å². The molecule has 164 valence electrons. The molecule has 1 unspecified atom stereocenters. The van der Waals surface area contributed by atoms with Crippen molar-refractivity contribution in [1.29, 1.82) is 0 Å². The SMILES string of the molecule is C=C1SC(=O)N(c2ccccc2OCC(C)NCc2nc(-c3ccccc3)oc2C)C1=O. The highest BCUT2D eigenvalue weighted by atomic mass is 32.2. The van der Waals surface area contributed by atoms with Crippen LogP contribution in [0.2, 0.25) is 0 Å². The average Bonchev–Trinajstić information content (AvgIpc) is 3.29. The van der Waals surface area contributed by atoms with E-state index in [4.69, 9.17) is 9.15 Å². The predicted octanol–water partition coefficient (Wildman–Crippen LogP) is 4.92. The van der Waals surface area contributed by atoms with E-state index in [1.54, 1.807) is 24.3 Å². The second kappa shape index (κ2) is 9.42. The number of hydrogen-bond acceptors (Lipinski definition) is 7. The Kier molecular flexibility index (Phi) is 6.43. The molecule has 3 aromatic rings. The number of amides is 2. The van der Waals surface area contributed by atoms with Crippen molar-refractivity contribution < 1.29 is 18.7 Å². The van der Waals surface area contributed by atoms with Gasteiger partial charge in [0.2, 0.25) is 5.89 Å². The van der Waals surface area contributed by atoms with Gasteiger partial charge in [-0.25, -0.2) is 9.88 Å². The van der Waals surface area contributed by atoms with Crippen molar-refractivity contribution in [1.82, 2.24) is 10.3 Å². The van der Waals surface area contributed by atoms with Gasteiger partial charge in [0.1, 0.15) is 18.1 Å². The molecule has 8 heteroatoms. The lowest BCUT2D eigenvalue weighted by Crippen LogP contribution is -2.32. The average molecular weight is 450 g/mol. The maximum absolute atomic E-state index is 12.3. The lowest BCUT2D eigenvalue weighted by molar-refractivity contribution is -0.113. The minimum Gasteiger partial charge on any atom is -0.490 e. The molecule has 1 fully saturated rings. The van der Waals surface area contributed by atoms with E-state index in [0.29, 0.717) is 30.5 Å². The fraction of sp³-hybridized carbons (Fsp3) is 0.208. The smallest absolute Gasteiger partial charge is 0.298 e. The first-order valence-corrected chi connectivity index (χ1v) is 11.0. The van der Waals surface area contributed by atoms with E-state index in [1.807, 2.05) is 44.2 Å². The highest BCUT2D eigenvalue weighted by Crippen LogP contribution is 2.38. The van der Waals surface area contributed by atoms with E-state index in [0.717, 1.165) is 33.7 Å². The number of nitrogens with one attached hydrogen (secondary N) is 1. The van der Waals surface area contributed by atoms with E-state index in [1.165, 1.54) is 0 Å². The van der Waals surface area contributed by atoms with E-state index in [2.05, 4.69) is 16.9 Å². The first-order valence-electron chi connectivity index (χ1n) is 10.2. The molecule has 1 atom stereocenters. The van der Waals surface area contributed by atoms with Gasteiger partial charge in [-0.2, -0.15) is 0 Å². The fourth-order valence-electron chi connectivity index (χ4n) is 3.21. The summed E-state index contributed by atoms with van der Waals surface area (Å²) in [5.41, 5.74) is 2.18. The number of benzene rings is 2. The molecule has 2 heterocycles. The van der Waals surface area contributed by atoms with Gasteiger partial charge in [0.15, 0.2) is 0 Å². The van der Waals surface area contributed by atoms with Crippen molar-refractivity contribution in [3.63, 3.8) is 0 Å². The zero-order valence-corrected chi connectivity index (χ0v) is 18.6. The summed E-state index contributed by atoms with van der Waals surface area (Å²) in [6.07, 6.45) is 0. The topological polar surface area (TPSA) is 84.7 Å². The molecule has 0 saturated carbocycles. The molecule has 1 aromatic heterocycles. The van der Waals surface area contributed by atoms with Crippen LogP contribution in [0, 0.1) is 6.92 Å². The maximum Gasteiger partial charge on any atom is 0.298 e. The molecule has 0 radical (unpaired) electrons. The highest BCUT2D eigenvalue weighted by Gasteiger charge is 2.36. The number of aromatic nitrogens is 1. The molecular formula is C24H23N3O4S. The van der Waals surface area contributed by atoms with Crippen LogP contribution in [-0.4, -0.2) is 28.8 Å². The molecule has 2 amide bonds. The number of thioether (sulfide) groups is 1. The van der Waals surface area contributed by atoms with Crippen LogP contribution in [0.5, 0.6) is 5.75 Å². The zero-order valence-electron chi connectivity index (χ0n) is 17.8. The Bertz CT molecular complexity index is 1160. The molecule has 7 nitrogen and oxygen atoms in total. The summed E-state index contributed by atoms with van der Waals surface area (Å²) in [5, 5.41) is 3.00. The van der Waals surface area contributed by atoms with Crippen LogP contribution < -0.4 is 15.0 Å². The van der Waals surface area contributed by atoms with Crippen molar-refractivity contribution in [2.75, 3.05) is 11.5 Å². The van der Waals surface area contributed by atoms with E-state index in [-0.39, 0.29) is 16.2 Å².